The Bertz CT molecular complexity index is 590. The molecule has 1 fully saturated rings. The van der Waals surface area contributed by atoms with Gasteiger partial charge in [0.2, 0.25) is 0 Å². The van der Waals surface area contributed by atoms with Gasteiger partial charge in [-0.05, 0) is 37.1 Å². The number of halogens is 1. The molecule has 1 aromatic carbocycles. The number of hydrogen-bond acceptors (Lipinski definition) is 3. The molecule has 0 radical (unpaired) electrons. The lowest BCUT2D eigenvalue weighted by molar-refractivity contribution is 0.0913. The lowest BCUT2D eigenvalue weighted by atomic mass is 10.1. The Kier molecular flexibility index (Phi) is 3.65. The Morgan fingerprint density at radius 1 is 1.30 bits per heavy atom. The largest absolute Gasteiger partial charge is 0.468 e. The van der Waals surface area contributed by atoms with Crippen molar-refractivity contribution in [1.82, 2.24) is 4.90 Å². The molecule has 1 aromatic heterocycles. The lowest BCUT2D eigenvalue weighted by Gasteiger charge is -2.19. The Labute approximate surface area is 117 Å². The number of rotatable bonds is 6. The molecule has 2 aromatic rings. The highest BCUT2D eigenvalue weighted by Gasteiger charge is 2.31. The highest BCUT2D eigenvalue weighted by atomic mass is 19.1. The fourth-order valence-electron chi connectivity index (χ4n) is 2.29. The molecule has 0 aliphatic heterocycles. The first-order valence-corrected chi connectivity index (χ1v) is 6.77. The minimum atomic E-state index is -0.375. The quantitative estimate of drug-likeness (QED) is 0.757. The van der Waals surface area contributed by atoms with Gasteiger partial charge in [0.05, 0.1) is 19.4 Å². The van der Waals surface area contributed by atoms with E-state index in [9.17, 15) is 9.18 Å². The Hall–Kier alpha value is -1.94. The number of ketones is 1. The SMILES string of the molecule is O=C(CN(Cc1ccco1)C1CC1)c1cccc(F)c1. The van der Waals surface area contributed by atoms with Crippen molar-refractivity contribution in [1.29, 1.82) is 0 Å². The minimum absolute atomic E-state index is 0.0528. The standard InChI is InChI=1S/C16H16FNO2/c17-13-4-1-3-12(9-13)16(19)11-18(14-6-7-14)10-15-5-2-8-20-15/h1-5,8-9,14H,6-7,10-11H2. The van der Waals surface area contributed by atoms with E-state index in [0.717, 1.165) is 18.6 Å². The molecular weight excluding hydrogens is 257 g/mol. The zero-order valence-corrected chi connectivity index (χ0v) is 11.1. The van der Waals surface area contributed by atoms with E-state index in [0.29, 0.717) is 24.7 Å². The molecule has 0 atom stereocenters. The Balaban J connectivity index is 1.68. The first-order valence-electron chi connectivity index (χ1n) is 6.77. The van der Waals surface area contributed by atoms with Gasteiger partial charge in [-0.1, -0.05) is 12.1 Å². The maximum Gasteiger partial charge on any atom is 0.176 e. The van der Waals surface area contributed by atoms with Crippen molar-refractivity contribution in [2.24, 2.45) is 0 Å². The van der Waals surface area contributed by atoms with Crippen LogP contribution in [0.2, 0.25) is 0 Å². The van der Waals surface area contributed by atoms with Crippen molar-refractivity contribution < 1.29 is 13.6 Å². The topological polar surface area (TPSA) is 33.5 Å². The van der Waals surface area contributed by atoms with Gasteiger partial charge in [0, 0.05) is 11.6 Å². The van der Waals surface area contributed by atoms with Crippen molar-refractivity contribution in [2.45, 2.75) is 25.4 Å². The van der Waals surface area contributed by atoms with E-state index < -0.39 is 0 Å². The molecular formula is C16H16FNO2. The van der Waals surface area contributed by atoms with Crippen LogP contribution in [-0.2, 0) is 6.54 Å². The zero-order valence-electron chi connectivity index (χ0n) is 11.1. The van der Waals surface area contributed by atoms with Crippen molar-refractivity contribution in [3.05, 3.63) is 59.8 Å². The first-order chi connectivity index (χ1) is 9.72. The molecule has 3 rings (SSSR count). The van der Waals surface area contributed by atoms with Gasteiger partial charge in [0.1, 0.15) is 11.6 Å². The molecule has 0 bridgehead atoms. The number of carbonyl (C=O) groups is 1. The molecule has 0 saturated heterocycles. The summed E-state index contributed by atoms with van der Waals surface area (Å²) >= 11 is 0. The summed E-state index contributed by atoms with van der Waals surface area (Å²) in [7, 11) is 0. The highest BCUT2D eigenvalue weighted by molar-refractivity contribution is 5.97. The van der Waals surface area contributed by atoms with E-state index in [1.165, 1.54) is 12.1 Å². The van der Waals surface area contributed by atoms with Crippen LogP contribution in [0.15, 0.2) is 47.1 Å². The van der Waals surface area contributed by atoms with Crippen molar-refractivity contribution in [3.8, 4) is 0 Å². The van der Waals surface area contributed by atoms with E-state index in [1.54, 1.807) is 18.4 Å². The summed E-state index contributed by atoms with van der Waals surface area (Å²) in [6.07, 6.45) is 3.85. The van der Waals surface area contributed by atoms with Crippen LogP contribution in [-0.4, -0.2) is 23.3 Å². The minimum Gasteiger partial charge on any atom is -0.468 e. The van der Waals surface area contributed by atoms with Crippen molar-refractivity contribution in [3.63, 3.8) is 0 Å². The second-order valence-corrected chi connectivity index (χ2v) is 5.15. The summed E-state index contributed by atoms with van der Waals surface area (Å²) in [4.78, 5) is 14.3. The van der Waals surface area contributed by atoms with E-state index in [4.69, 9.17) is 4.42 Å². The summed E-state index contributed by atoms with van der Waals surface area (Å²) in [6.45, 7) is 0.924. The predicted octanol–water partition coefficient (Wildman–Crippen LogP) is 3.27. The third-order valence-electron chi connectivity index (χ3n) is 3.50. The third kappa shape index (κ3) is 3.14. The molecule has 0 spiro atoms. The smallest absolute Gasteiger partial charge is 0.176 e. The van der Waals surface area contributed by atoms with Crippen LogP contribution in [0, 0.1) is 5.82 Å². The van der Waals surface area contributed by atoms with Crippen molar-refractivity contribution in [2.75, 3.05) is 6.54 Å². The van der Waals surface area contributed by atoms with E-state index in [1.807, 2.05) is 12.1 Å². The van der Waals surface area contributed by atoms with Crippen LogP contribution in [0.5, 0.6) is 0 Å². The van der Waals surface area contributed by atoms with Gasteiger partial charge in [-0.25, -0.2) is 4.39 Å². The predicted molar refractivity (Wildman–Crippen MR) is 72.9 cm³/mol. The second kappa shape index (κ2) is 5.59. The summed E-state index contributed by atoms with van der Waals surface area (Å²) in [5, 5.41) is 0. The van der Waals surface area contributed by atoms with Gasteiger partial charge in [-0.15, -0.1) is 0 Å². The van der Waals surface area contributed by atoms with Gasteiger partial charge in [-0.3, -0.25) is 9.69 Å². The second-order valence-electron chi connectivity index (χ2n) is 5.15. The van der Waals surface area contributed by atoms with Crippen molar-refractivity contribution >= 4 is 5.78 Å². The van der Waals surface area contributed by atoms with Crippen LogP contribution in [0.3, 0.4) is 0 Å². The van der Waals surface area contributed by atoms with E-state index in [2.05, 4.69) is 4.90 Å². The van der Waals surface area contributed by atoms with E-state index >= 15 is 0 Å². The fourth-order valence-corrected chi connectivity index (χ4v) is 2.29. The normalized spacial score (nSPS) is 14.7. The van der Waals surface area contributed by atoms with Crippen LogP contribution in [0.25, 0.3) is 0 Å². The maximum atomic E-state index is 13.2. The maximum absolute atomic E-state index is 13.2. The Morgan fingerprint density at radius 3 is 2.80 bits per heavy atom. The average Bonchev–Trinajstić information content (AvgIpc) is 3.16. The number of Topliss-reactive ketones (excluding diaryl/α,β-unsaturated/α-hetero) is 1. The van der Waals surface area contributed by atoms with Crippen LogP contribution in [0.1, 0.15) is 29.0 Å². The molecule has 104 valence electrons. The van der Waals surface area contributed by atoms with Crippen LogP contribution in [0.4, 0.5) is 4.39 Å². The van der Waals surface area contributed by atoms with Gasteiger partial charge < -0.3 is 4.42 Å². The van der Waals surface area contributed by atoms with E-state index in [-0.39, 0.29) is 11.6 Å². The fraction of sp³-hybridized carbons (Fsp3) is 0.312. The molecule has 0 N–H and O–H groups in total. The number of carbonyl (C=O) groups excluding carboxylic acids is 1. The number of furan rings is 1. The molecule has 0 amide bonds. The number of hydrogen-bond donors (Lipinski definition) is 0. The Morgan fingerprint density at radius 2 is 2.15 bits per heavy atom. The van der Waals surface area contributed by atoms with Gasteiger partial charge in [0.15, 0.2) is 5.78 Å². The van der Waals surface area contributed by atoms with Crippen LogP contribution < -0.4 is 0 Å². The molecule has 1 aliphatic rings. The molecule has 1 heterocycles. The first kappa shape index (κ1) is 13.1. The van der Waals surface area contributed by atoms with Crippen LogP contribution >= 0.6 is 0 Å². The zero-order chi connectivity index (χ0) is 13.9. The molecule has 3 nitrogen and oxygen atoms in total. The van der Waals surface area contributed by atoms with Gasteiger partial charge in [0.25, 0.3) is 0 Å². The summed E-state index contributed by atoms with van der Waals surface area (Å²) in [5.74, 6) is 0.423. The monoisotopic (exact) mass is 273 g/mol. The third-order valence-corrected chi connectivity index (χ3v) is 3.50. The molecule has 4 heteroatoms. The molecule has 1 saturated carbocycles. The summed E-state index contributed by atoms with van der Waals surface area (Å²) in [6, 6.07) is 10.0. The van der Waals surface area contributed by atoms with Gasteiger partial charge in [-0.2, -0.15) is 0 Å². The number of nitrogens with zero attached hydrogens (tertiary/aromatic N) is 1. The lowest BCUT2D eigenvalue weighted by Crippen LogP contribution is -2.31. The molecule has 0 unspecified atom stereocenters. The highest BCUT2D eigenvalue weighted by Crippen LogP contribution is 2.28. The molecule has 20 heavy (non-hydrogen) atoms. The number of benzene rings is 1. The molecule has 1 aliphatic carbocycles. The summed E-state index contributed by atoms with van der Waals surface area (Å²) in [5.41, 5.74) is 0.426. The summed E-state index contributed by atoms with van der Waals surface area (Å²) < 4.78 is 18.5. The average molecular weight is 273 g/mol. The van der Waals surface area contributed by atoms with Gasteiger partial charge >= 0.3 is 0 Å².